The summed E-state index contributed by atoms with van der Waals surface area (Å²) in [5, 5.41) is 81.1. The zero-order valence-corrected chi connectivity index (χ0v) is 23.1. The maximum absolute atomic E-state index is 12.4. The molecular formula is C29H36O14. The van der Waals surface area contributed by atoms with Gasteiger partial charge in [-0.25, -0.2) is 4.79 Å². The zero-order valence-electron chi connectivity index (χ0n) is 23.1. The minimum absolute atomic E-state index is 0.0362. The van der Waals surface area contributed by atoms with Crippen molar-refractivity contribution in [3.05, 3.63) is 59.7 Å². The van der Waals surface area contributed by atoms with Gasteiger partial charge in [0, 0.05) is 6.08 Å². The molecule has 0 bridgehead atoms. The highest BCUT2D eigenvalue weighted by atomic mass is 16.7. The fraction of sp³-hybridized carbons (Fsp3) is 0.483. The number of aliphatic hydroxyl groups excluding tert-OH is 5. The Bertz CT molecular complexity index is 1240. The zero-order chi connectivity index (χ0) is 31.3. The van der Waals surface area contributed by atoms with Crippen LogP contribution in [0.3, 0.4) is 0 Å². The van der Waals surface area contributed by atoms with E-state index in [0.717, 1.165) is 11.6 Å². The number of rotatable bonds is 10. The van der Waals surface area contributed by atoms with Crippen LogP contribution in [0.25, 0.3) is 6.08 Å². The van der Waals surface area contributed by atoms with Crippen LogP contribution in [0.2, 0.25) is 0 Å². The number of ether oxygens (including phenoxy) is 5. The molecule has 0 spiro atoms. The number of hydrogen-bond donors (Lipinski definition) is 8. The Morgan fingerprint density at radius 3 is 2.26 bits per heavy atom. The van der Waals surface area contributed by atoms with Gasteiger partial charge in [-0.1, -0.05) is 18.2 Å². The van der Waals surface area contributed by atoms with Gasteiger partial charge in [0.05, 0.1) is 12.7 Å². The Kier molecular flexibility index (Phi) is 10.9. The fourth-order valence-corrected chi connectivity index (χ4v) is 4.60. The number of phenolic OH excluding ortho intramolecular Hbond substituents is 3. The van der Waals surface area contributed by atoms with Gasteiger partial charge in [-0.3, -0.25) is 0 Å². The van der Waals surface area contributed by atoms with Crippen molar-refractivity contribution in [1.82, 2.24) is 0 Å². The van der Waals surface area contributed by atoms with Crippen LogP contribution in [0.4, 0.5) is 0 Å². The summed E-state index contributed by atoms with van der Waals surface area (Å²) in [5.74, 6) is -1.45. The van der Waals surface area contributed by atoms with E-state index in [4.69, 9.17) is 23.7 Å². The molecule has 0 aromatic heterocycles. The monoisotopic (exact) mass is 608 g/mol. The van der Waals surface area contributed by atoms with Crippen LogP contribution in [0.1, 0.15) is 18.1 Å². The van der Waals surface area contributed by atoms with Crippen molar-refractivity contribution in [1.29, 1.82) is 0 Å². The molecule has 236 valence electrons. The van der Waals surface area contributed by atoms with Crippen molar-refractivity contribution in [2.24, 2.45) is 0 Å². The Morgan fingerprint density at radius 1 is 0.837 bits per heavy atom. The number of phenols is 3. The SMILES string of the molecule is C[C@@H]1O[C@@H](O[C@@H]2[C@@H](O)[C@H](OCCc3ccc(O)cc3)O[C@H](COC(=O)/C=C/c3ccc(O)c(O)c3)[C@H]2O)[C@H](O)[C@H](O)[C@H]1O. The van der Waals surface area contributed by atoms with Crippen LogP contribution >= 0.6 is 0 Å². The van der Waals surface area contributed by atoms with E-state index < -0.39 is 74.0 Å². The van der Waals surface area contributed by atoms with Gasteiger partial charge in [-0.2, -0.15) is 0 Å². The predicted octanol–water partition coefficient (Wildman–Crippen LogP) is -0.722. The molecule has 0 unspecified atom stereocenters. The molecule has 4 rings (SSSR count). The third-order valence-corrected chi connectivity index (χ3v) is 7.15. The van der Waals surface area contributed by atoms with E-state index in [0.29, 0.717) is 12.0 Å². The number of hydrogen-bond acceptors (Lipinski definition) is 14. The molecule has 8 N–H and O–H groups in total. The summed E-state index contributed by atoms with van der Waals surface area (Å²) in [6.45, 7) is 0.966. The highest BCUT2D eigenvalue weighted by Gasteiger charge is 2.50. The molecule has 2 aromatic rings. The number of esters is 1. The van der Waals surface area contributed by atoms with Crippen molar-refractivity contribution < 1.29 is 69.3 Å². The molecule has 14 heteroatoms. The normalized spacial score (nSPS) is 33.0. The quantitative estimate of drug-likeness (QED) is 0.0947. The molecule has 0 radical (unpaired) electrons. The summed E-state index contributed by atoms with van der Waals surface area (Å²) in [4.78, 5) is 12.4. The lowest BCUT2D eigenvalue weighted by molar-refractivity contribution is -0.357. The minimum Gasteiger partial charge on any atom is -0.508 e. The Hall–Kier alpha value is -3.31. The van der Waals surface area contributed by atoms with Crippen molar-refractivity contribution in [2.45, 2.75) is 74.8 Å². The number of aliphatic hydroxyl groups is 5. The van der Waals surface area contributed by atoms with Gasteiger partial charge in [0.2, 0.25) is 0 Å². The summed E-state index contributed by atoms with van der Waals surface area (Å²) >= 11 is 0. The maximum atomic E-state index is 12.4. The lowest BCUT2D eigenvalue weighted by atomic mass is 9.97. The first kappa shape index (κ1) is 32.6. The van der Waals surface area contributed by atoms with E-state index in [1.807, 2.05) is 0 Å². The standard InChI is InChI=1S/C29H36O14/c1-14-22(34)24(36)25(37)29(41-14)43-27-23(35)20(13-40-21(33)9-5-16-4-8-18(31)19(32)12-16)42-28(26(27)38)39-11-10-15-2-6-17(30)7-3-15/h2-9,12,14,20,22-32,34-38H,10-11,13H2,1H3/b9-5+/t14-,20+,22-,23+,24+,25+,26+,27-,28+,29-/m0/s1. The molecule has 0 saturated carbocycles. The second-order valence-corrected chi connectivity index (χ2v) is 10.3. The van der Waals surface area contributed by atoms with E-state index in [1.165, 1.54) is 43.3 Å². The summed E-state index contributed by atoms with van der Waals surface area (Å²) in [6, 6.07) is 10.3. The molecule has 2 aromatic carbocycles. The van der Waals surface area contributed by atoms with Gasteiger partial charge < -0.3 is 64.5 Å². The smallest absolute Gasteiger partial charge is 0.330 e. The van der Waals surface area contributed by atoms with Crippen molar-refractivity contribution in [3.63, 3.8) is 0 Å². The Morgan fingerprint density at radius 2 is 1.56 bits per heavy atom. The van der Waals surface area contributed by atoms with Crippen LogP contribution in [0, 0.1) is 0 Å². The summed E-state index contributed by atoms with van der Waals surface area (Å²) in [6.07, 6.45) is -11.9. The third-order valence-electron chi connectivity index (χ3n) is 7.15. The van der Waals surface area contributed by atoms with Gasteiger partial charge in [0.1, 0.15) is 55.1 Å². The van der Waals surface area contributed by atoms with Crippen LogP contribution in [0.15, 0.2) is 48.5 Å². The van der Waals surface area contributed by atoms with E-state index in [1.54, 1.807) is 12.1 Å². The van der Waals surface area contributed by atoms with Gasteiger partial charge >= 0.3 is 5.97 Å². The predicted molar refractivity (Wildman–Crippen MR) is 145 cm³/mol. The fourth-order valence-electron chi connectivity index (χ4n) is 4.60. The topological polar surface area (TPSA) is 225 Å². The lowest BCUT2D eigenvalue weighted by Crippen LogP contribution is -2.64. The van der Waals surface area contributed by atoms with Gasteiger partial charge in [-0.05, 0) is 54.8 Å². The van der Waals surface area contributed by atoms with E-state index in [2.05, 4.69) is 0 Å². The first-order valence-electron chi connectivity index (χ1n) is 13.6. The molecule has 0 amide bonds. The molecule has 10 atom stereocenters. The van der Waals surface area contributed by atoms with Gasteiger partial charge in [0.25, 0.3) is 0 Å². The molecular weight excluding hydrogens is 572 g/mol. The molecule has 2 fully saturated rings. The van der Waals surface area contributed by atoms with E-state index in [9.17, 15) is 45.6 Å². The number of aromatic hydroxyl groups is 3. The number of carbonyl (C=O) groups excluding carboxylic acids is 1. The van der Waals surface area contributed by atoms with E-state index >= 15 is 0 Å². The summed E-state index contributed by atoms with van der Waals surface area (Å²) < 4.78 is 27.8. The van der Waals surface area contributed by atoms with Crippen LogP contribution in [0.5, 0.6) is 17.2 Å². The lowest BCUT2D eigenvalue weighted by Gasteiger charge is -2.45. The summed E-state index contributed by atoms with van der Waals surface area (Å²) in [7, 11) is 0. The first-order chi connectivity index (χ1) is 20.4. The molecule has 2 aliphatic rings. The second kappa shape index (κ2) is 14.4. The molecule has 43 heavy (non-hydrogen) atoms. The summed E-state index contributed by atoms with van der Waals surface area (Å²) in [5.41, 5.74) is 1.21. The van der Waals surface area contributed by atoms with Crippen LogP contribution in [-0.2, 0) is 34.9 Å². The number of benzene rings is 2. The van der Waals surface area contributed by atoms with E-state index in [-0.39, 0.29) is 23.9 Å². The molecule has 14 nitrogen and oxygen atoms in total. The molecule has 2 saturated heterocycles. The maximum Gasteiger partial charge on any atom is 0.330 e. The van der Waals surface area contributed by atoms with Crippen molar-refractivity contribution >= 4 is 12.0 Å². The largest absolute Gasteiger partial charge is 0.508 e. The highest BCUT2D eigenvalue weighted by molar-refractivity contribution is 5.87. The van der Waals surface area contributed by atoms with Crippen molar-refractivity contribution in [3.8, 4) is 17.2 Å². The number of carbonyl (C=O) groups is 1. The Balaban J connectivity index is 1.43. The second-order valence-electron chi connectivity index (χ2n) is 10.3. The van der Waals surface area contributed by atoms with Gasteiger partial charge in [0.15, 0.2) is 24.1 Å². The van der Waals surface area contributed by atoms with Gasteiger partial charge in [-0.15, -0.1) is 0 Å². The highest BCUT2D eigenvalue weighted by Crippen LogP contribution is 2.30. The minimum atomic E-state index is -1.72. The molecule has 0 aliphatic carbocycles. The Labute approximate surface area is 246 Å². The molecule has 2 aliphatic heterocycles. The van der Waals surface area contributed by atoms with Crippen LogP contribution in [-0.4, -0.2) is 121 Å². The first-order valence-corrected chi connectivity index (χ1v) is 13.6. The third kappa shape index (κ3) is 8.20. The van der Waals surface area contributed by atoms with Crippen LogP contribution < -0.4 is 0 Å². The average molecular weight is 609 g/mol. The average Bonchev–Trinajstić information content (AvgIpc) is 2.98. The molecule has 2 heterocycles. The van der Waals surface area contributed by atoms with Crippen molar-refractivity contribution in [2.75, 3.05) is 13.2 Å².